The van der Waals surface area contributed by atoms with E-state index in [9.17, 15) is 0 Å². The summed E-state index contributed by atoms with van der Waals surface area (Å²) in [5, 5.41) is 0. The van der Waals surface area contributed by atoms with E-state index in [1.807, 2.05) is 0 Å². The fourth-order valence-corrected chi connectivity index (χ4v) is 2.37. The van der Waals surface area contributed by atoms with E-state index >= 15 is 0 Å². The Morgan fingerprint density at radius 2 is 1.65 bits per heavy atom. The normalized spacial score (nSPS) is 10.9. The van der Waals surface area contributed by atoms with Gasteiger partial charge in [-0.2, -0.15) is 0 Å². The zero-order chi connectivity index (χ0) is 14.2. The summed E-state index contributed by atoms with van der Waals surface area (Å²) in [7, 11) is 0. The monoisotopic (exact) mass is 268 g/mol. The Hall–Kier alpha value is -1.67. The summed E-state index contributed by atoms with van der Waals surface area (Å²) in [6.45, 7) is 7.58. The smallest absolute Gasteiger partial charge is 0.0419 e. The standard InChI is InChI=1S/C18H24N2/c1-3-20(14-12-17-9-5-4-6-10-17)15-13-18-11-7-8-16(2)19-18/h4-11H,3,12-15H2,1-2H3. The number of benzene rings is 1. The van der Waals surface area contributed by atoms with Crippen molar-refractivity contribution in [2.45, 2.75) is 26.7 Å². The number of aromatic nitrogens is 1. The van der Waals surface area contributed by atoms with Gasteiger partial charge in [0, 0.05) is 30.9 Å². The van der Waals surface area contributed by atoms with Crippen molar-refractivity contribution in [3.63, 3.8) is 0 Å². The third-order valence-corrected chi connectivity index (χ3v) is 3.64. The minimum absolute atomic E-state index is 1.03. The van der Waals surface area contributed by atoms with Crippen LogP contribution >= 0.6 is 0 Å². The lowest BCUT2D eigenvalue weighted by Crippen LogP contribution is -2.28. The van der Waals surface area contributed by atoms with Crippen LogP contribution in [0.25, 0.3) is 0 Å². The van der Waals surface area contributed by atoms with E-state index in [1.54, 1.807) is 0 Å². The van der Waals surface area contributed by atoms with Crippen molar-refractivity contribution in [1.29, 1.82) is 0 Å². The highest BCUT2D eigenvalue weighted by Crippen LogP contribution is 2.04. The maximum Gasteiger partial charge on any atom is 0.0419 e. The average Bonchev–Trinajstić information content (AvgIpc) is 2.48. The fraction of sp³-hybridized carbons (Fsp3) is 0.389. The van der Waals surface area contributed by atoms with Gasteiger partial charge in [0.1, 0.15) is 0 Å². The summed E-state index contributed by atoms with van der Waals surface area (Å²) in [5.74, 6) is 0. The number of nitrogens with zero attached hydrogens (tertiary/aromatic N) is 2. The average molecular weight is 268 g/mol. The number of pyridine rings is 1. The van der Waals surface area contributed by atoms with Crippen LogP contribution in [0, 0.1) is 6.92 Å². The van der Waals surface area contributed by atoms with E-state index in [-0.39, 0.29) is 0 Å². The van der Waals surface area contributed by atoms with Gasteiger partial charge in [-0.05, 0) is 37.6 Å². The first kappa shape index (κ1) is 14.7. The number of hydrogen-bond donors (Lipinski definition) is 0. The van der Waals surface area contributed by atoms with Crippen LogP contribution < -0.4 is 0 Å². The van der Waals surface area contributed by atoms with Crippen LogP contribution in [0.4, 0.5) is 0 Å². The predicted octanol–water partition coefficient (Wildman–Crippen LogP) is 3.50. The Labute approximate surface area is 122 Å². The maximum absolute atomic E-state index is 4.57. The predicted molar refractivity (Wildman–Crippen MR) is 84.9 cm³/mol. The van der Waals surface area contributed by atoms with Crippen LogP contribution in [0.15, 0.2) is 48.5 Å². The zero-order valence-electron chi connectivity index (χ0n) is 12.5. The maximum atomic E-state index is 4.57. The molecule has 0 atom stereocenters. The minimum Gasteiger partial charge on any atom is -0.303 e. The molecule has 0 spiro atoms. The second kappa shape index (κ2) is 7.81. The van der Waals surface area contributed by atoms with Gasteiger partial charge in [0.2, 0.25) is 0 Å². The molecule has 0 aliphatic carbocycles. The van der Waals surface area contributed by atoms with Gasteiger partial charge in [0.15, 0.2) is 0 Å². The van der Waals surface area contributed by atoms with Crippen LogP contribution in [-0.4, -0.2) is 29.5 Å². The molecule has 2 aromatic rings. The molecule has 106 valence electrons. The Bertz CT molecular complexity index is 508. The van der Waals surface area contributed by atoms with E-state index in [4.69, 9.17) is 0 Å². The molecule has 0 aliphatic heterocycles. The summed E-state index contributed by atoms with van der Waals surface area (Å²) >= 11 is 0. The van der Waals surface area contributed by atoms with Gasteiger partial charge in [0.25, 0.3) is 0 Å². The fourth-order valence-electron chi connectivity index (χ4n) is 2.37. The van der Waals surface area contributed by atoms with Crippen molar-refractivity contribution >= 4 is 0 Å². The molecule has 0 fully saturated rings. The largest absolute Gasteiger partial charge is 0.303 e. The molecule has 2 rings (SSSR count). The molecule has 1 aromatic carbocycles. The van der Waals surface area contributed by atoms with Gasteiger partial charge in [-0.1, -0.05) is 43.3 Å². The Morgan fingerprint density at radius 1 is 0.900 bits per heavy atom. The lowest BCUT2D eigenvalue weighted by molar-refractivity contribution is 0.294. The van der Waals surface area contributed by atoms with Crippen molar-refractivity contribution in [2.24, 2.45) is 0 Å². The van der Waals surface area contributed by atoms with Gasteiger partial charge >= 0.3 is 0 Å². The first-order valence-electron chi connectivity index (χ1n) is 7.46. The number of rotatable bonds is 7. The van der Waals surface area contributed by atoms with Crippen molar-refractivity contribution in [3.05, 3.63) is 65.5 Å². The molecule has 0 saturated carbocycles. The Kier molecular flexibility index (Phi) is 5.75. The van der Waals surface area contributed by atoms with E-state index < -0.39 is 0 Å². The van der Waals surface area contributed by atoms with Crippen LogP contribution in [0.2, 0.25) is 0 Å². The second-order valence-electron chi connectivity index (χ2n) is 5.19. The third kappa shape index (κ3) is 4.78. The van der Waals surface area contributed by atoms with E-state index in [0.29, 0.717) is 0 Å². The van der Waals surface area contributed by atoms with Gasteiger partial charge in [-0.15, -0.1) is 0 Å². The first-order valence-corrected chi connectivity index (χ1v) is 7.46. The molecule has 0 unspecified atom stereocenters. The molecular formula is C18H24N2. The molecule has 2 nitrogen and oxygen atoms in total. The lowest BCUT2D eigenvalue weighted by atomic mass is 10.1. The van der Waals surface area contributed by atoms with Crippen LogP contribution in [0.5, 0.6) is 0 Å². The lowest BCUT2D eigenvalue weighted by Gasteiger charge is -2.20. The molecule has 0 aliphatic rings. The summed E-state index contributed by atoms with van der Waals surface area (Å²) < 4.78 is 0. The second-order valence-corrected chi connectivity index (χ2v) is 5.19. The summed E-state index contributed by atoms with van der Waals surface area (Å²) in [4.78, 5) is 7.07. The summed E-state index contributed by atoms with van der Waals surface area (Å²) in [6, 6.07) is 17.0. The van der Waals surface area contributed by atoms with E-state index in [0.717, 1.165) is 38.2 Å². The molecule has 2 heteroatoms. The number of aryl methyl sites for hydroxylation is 1. The van der Waals surface area contributed by atoms with Crippen molar-refractivity contribution < 1.29 is 0 Å². The quantitative estimate of drug-likeness (QED) is 0.764. The minimum atomic E-state index is 1.03. The SMILES string of the molecule is CCN(CCc1ccccc1)CCc1cccc(C)n1. The zero-order valence-corrected chi connectivity index (χ0v) is 12.5. The molecule has 0 N–H and O–H groups in total. The van der Waals surface area contributed by atoms with Crippen LogP contribution in [-0.2, 0) is 12.8 Å². The molecule has 1 aromatic heterocycles. The molecule has 0 amide bonds. The van der Waals surface area contributed by atoms with E-state index in [1.165, 1.54) is 11.3 Å². The van der Waals surface area contributed by atoms with Crippen molar-refractivity contribution in [2.75, 3.05) is 19.6 Å². The van der Waals surface area contributed by atoms with Gasteiger partial charge < -0.3 is 4.90 Å². The van der Waals surface area contributed by atoms with Crippen LogP contribution in [0.1, 0.15) is 23.9 Å². The highest BCUT2D eigenvalue weighted by atomic mass is 15.1. The Morgan fingerprint density at radius 3 is 2.35 bits per heavy atom. The van der Waals surface area contributed by atoms with Gasteiger partial charge in [-0.25, -0.2) is 0 Å². The first-order chi connectivity index (χ1) is 9.78. The van der Waals surface area contributed by atoms with Crippen molar-refractivity contribution in [1.82, 2.24) is 9.88 Å². The van der Waals surface area contributed by atoms with Crippen molar-refractivity contribution in [3.8, 4) is 0 Å². The highest BCUT2D eigenvalue weighted by molar-refractivity contribution is 5.15. The van der Waals surface area contributed by atoms with Gasteiger partial charge in [-0.3, -0.25) is 4.98 Å². The topological polar surface area (TPSA) is 16.1 Å². The van der Waals surface area contributed by atoms with Crippen LogP contribution in [0.3, 0.4) is 0 Å². The summed E-state index contributed by atoms with van der Waals surface area (Å²) in [6.07, 6.45) is 2.15. The van der Waals surface area contributed by atoms with E-state index in [2.05, 4.69) is 72.3 Å². The molecule has 0 radical (unpaired) electrons. The highest BCUT2D eigenvalue weighted by Gasteiger charge is 2.04. The molecule has 20 heavy (non-hydrogen) atoms. The Balaban J connectivity index is 1.80. The summed E-state index contributed by atoms with van der Waals surface area (Å²) in [5.41, 5.74) is 3.72. The van der Waals surface area contributed by atoms with Gasteiger partial charge in [0.05, 0.1) is 0 Å². The molecule has 1 heterocycles. The third-order valence-electron chi connectivity index (χ3n) is 3.64. The number of hydrogen-bond acceptors (Lipinski definition) is 2. The molecular weight excluding hydrogens is 244 g/mol. The molecule has 0 saturated heterocycles. The number of likely N-dealkylation sites (N-methyl/N-ethyl adjacent to an activating group) is 1. The molecule has 0 bridgehead atoms.